The highest BCUT2D eigenvalue weighted by molar-refractivity contribution is 5.88. The van der Waals surface area contributed by atoms with Crippen molar-refractivity contribution >= 4 is 11.8 Å². The molecule has 0 saturated heterocycles. The van der Waals surface area contributed by atoms with Crippen molar-refractivity contribution in [1.82, 2.24) is 4.98 Å². The Morgan fingerprint density at radius 2 is 1.88 bits per heavy atom. The van der Waals surface area contributed by atoms with Crippen LogP contribution < -0.4 is 0 Å². The second-order valence-corrected chi connectivity index (χ2v) is 5.59. The van der Waals surface area contributed by atoms with E-state index >= 15 is 0 Å². The predicted molar refractivity (Wildman–Crippen MR) is 110 cm³/mol. The molecule has 0 aliphatic rings. The number of benzene rings is 1. The van der Waals surface area contributed by atoms with Crippen LogP contribution in [-0.2, 0) is 0 Å². The van der Waals surface area contributed by atoms with Gasteiger partial charge in [0.15, 0.2) is 0 Å². The van der Waals surface area contributed by atoms with Gasteiger partial charge in [0.2, 0.25) is 0 Å². The first-order chi connectivity index (χ1) is 12.6. The van der Waals surface area contributed by atoms with E-state index < -0.39 is 0 Å². The number of aromatic nitrogens is 1. The van der Waals surface area contributed by atoms with Gasteiger partial charge < -0.3 is 0 Å². The third-order valence-corrected chi connectivity index (χ3v) is 4.00. The first-order valence-electron chi connectivity index (χ1n) is 8.45. The maximum Gasteiger partial charge on any atom is 0.132 e. The van der Waals surface area contributed by atoms with Crippen LogP contribution in [-0.4, -0.2) is 18.2 Å². The van der Waals surface area contributed by atoms with Gasteiger partial charge in [-0.25, -0.2) is 4.39 Å². The first-order valence-corrected chi connectivity index (χ1v) is 8.45. The number of rotatable bonds is 6. The molecule has 0 atom stereocenters. The van der Waals surface area contributed by atoms with E-state index in [9.17, 15) is 4.39 Å². The molecular formula is C23H23FN2. The Kier molecular flexibility index (Phi) is 6.98. The molecule has 2 nitrogen and oxygen atoms in total. The standard InChI is InChI=1S/C23H23FN2/c1-5-17(19(7-3)16-25-4)14-18(6-2)20-12-13-26-23(15-20)21-10-8-9-11-22(21)24/h5-16H,1H2,2-4H3/b17-14+,18-6+,19-7+,25-16?. The quantitative estimate of drug-likeness (QED) is 0.462. The summed E-state index contributed by atoms with van der Waals surface area (Å²) < 4.78 is 14.1. The molecule has 0 unspecified atom stereocenters. The molecule has 0 fully saturated rings. The molecule has 1 aromatic carbocycles. The Labute approximate surface area is 154 Å². The highest BCUT2D eigenvalue weighted by atomic mass is 19.1. The highest BCUT2D eigenvalue weighted by Crippen LogP contribution is 2.26. The molecule has 26 heavy (non-hydrogen) atoms. The fraction of sp³-hybridized carbons (Fsp3) is 0.130. The minimum absolute atomic E-state index is 0.281. The van der Waals surface area contributed by atoms with Crippen molar-refractivity contribution in [1.29, 1.82) is 0 Å². The van der Waals surface area contributed by atoms with Gasteiger partial charge in [-0.15, -0.1) is 0 Å². The molecule has 0 bridgehead atoms. The van der Waals surface area contributed by atoms with Crippen LogP contribution in [0.3, 0.4) is 0 Å². The Balaban J connectivity index is 2.49. The lowest BCUT2D eigenvalue weighted by molar-refractivity contribution is 0.630. The molecule has 132 valence electrons. The number of allylic oxidation sites excluding steroid dienone is 7. The smallest absolute Gasteiger partial charge is 0.132 e. The minimum atomic E-state index is -0.281. The summed E-state index contributed by atoms with van der Waals surface area (Å²) in [6, 6.07) is 10.5. The number of hydrogen-bond donors (Lipinski definition) is 0. The first kappa shape index (κ1) is 19.3. The van der Waals surface area contributed by atoms with E-state index in [1.54, 1.807) is 37.7 Å². The summed E-state index contributed by atoms with van der Waals surface area (Å²) in [5.41, 5.74) is 5.02. The SMILES string of the molecule is C=CC(=C\C(=C/C)c1ccnc(-c2ccccc2F)c1)/C(C=NC)=C/C. The summed E-state index contributed by atoms with van der Waals surface area (Å²) in [6.07, 6.45) is 11.4. The van der Waals surface area contributed by atoms with Gasteiger partial charge in [-0.2, -0.15) is 0 Å². The van der Waals surface area contributed by atoms with E-state index in [2.05, 4.69) is 16.6 Å². The average Bonchev–Trinajstić information content (AvgIpc) is 2.68. The lowest BCUT2D eigenvalue weighted by atomic mass is 9.98. The number of halogens is 1. The molecule has 0 N–H and O–H groups in total. The van der Waals surface area contributed by atoms with E-state index in [-0.39, 0.29) is 5.82 Å². The molecule has 1 heterocycles. The largest absolute Gasteiger partial charge is 0.296 e. The topological polar surface area (TPSA) is 25.2 Å². The van der Waals surface area contributed by atoms with Crippen LogP contribution in [0, 0.1) is 5.82 Å². The van der Waals surface area contributed by atoms with Gasteiger partial charge in [0.25, 0.3) is 0 Å². The van der Waals surface area contributed by atoms with Crippen LogP contribution in [0.5, 0.6) is 0 Å². The van der Waals surface area contributed by atoms with Crippen molar-refractivity contribution in [3.8, 4) is 11.3 Å². The molecule has 0 aliphatic heterocycles. The Bertz CT molecular complexity index is 902. The van der Waals surface area contributed by atoms with Crippen LogP contribution in [0.25, 0.3) is 16.8 Å². The van der Waals surface area contributed by atoms with E-state index in [0.717, 1.165) is 22.3 Å². The van der Waals surface area contributed by atoms with E-state index in [1.807, 2.05) is 50.3 Å². The van der Waals surface area contributed by atoms with Gasteiger partial charge >= 0.3 is 0 Å². The van der Waals surface area contributed by atoms with Crippen LogP contribution >= 0.6 is 0 Å². The molecule has 2 aromatic rings. The van der Waals surface area contributed by atoms with Crippen molar-refractivity contribution < 1.29 is 4.39 Å². The summed E-state index contributed by atoms with van der Waals surface area (Å²) in [4.78, 5) is 8.42. The van der Waals surface area contributed by atoms with Crippen molar-refractivity contribution in [2.45, 2.75) is 13.8 Å². The molecule has 0 spiro atoms. The van der Waals surface area contributed by atoms with Gasteiger partial charge in [0, 0.05) is 25.0 Å². The van der Waals surface area contributed by atoms with E-state index in [4.69, 9.17) is 0 Å². The van der Waals surface area contributed by atoms with Crippen LogP contribution in [0.2, 0.25) is 0 Å². The maximum atomic E-state index is 14.1. The van der Waals surface area contributed by atoms with Gasteiger partial charge in [0.05, 0.1) is 5.69 Å². The normalized spacial score (nSPS) is 13.3. The molecule has 0 aliphatic carbocycles. The van der Waals surface area contributed by atoms with E-state index in [0.29, 0.717) is 11.3 Å². The van der Waals surface area contributed by atoms with Crippen molar-refractivity contribution in [2.75, 3.05) is 7.05 Å². The number of hydrogen-bond acceptors (Lipinski definition) is 2. The zero-order valence-corrected chi connectivity index (χ0v) is 15.4. The zero-order valence-electron chi connectivity index (χ0n) is 15.4. The van der Waals surface area contributed by atoms with Gasteiger partial charge in [-0.05, 0) is 66.5 Å². The molecule has 0 amide bonds. The van der Waals surface area contributed by atoms with Crippen molar-refractivity contribution in [3.05, 3.63) is 96.0 Å². The molecule has 0 saturated carbocycles. The fourth-order valence-corrected chi connectivity index (χ4v) is 2.64. The maximum absolute atomic E-state index is 14.1. The van der Waals surface area contributed by atoms with Crippen molar-refractivity contribution in [3.63, 3.8) is 0 Å². The Morgan fingerprint density at radius 1 is 1.12 bits per heavy atom. The number of aliphatic imine (C=N–C) groups is 1. The summed E-state index contributed by atoms with van der Waals surface area (Å²) in [7, 11) is 1.74. The summed E-state index contributed by atoms with van der Waals surface area (Å²) in [5.74, 6) is -0.281. The second kappa shape index (κ2) is 9.42. The molecule has 1 aromatic heterocycles. The van der Waals surface area contributed by atoms with Gasteiger partial charge in [-0.3, -0.25) is 9.98 Å². The van der Waals surface area contributed by atoms with Gasteiger partial charge in [0.1, 0.15) is 5.82 Å². The Morgan fingerprint density at radius 3 is 2.50 bits per heavy atom. The van der Waals surface area contributed by atoms with Crippen molar-refractivity contribution in [2.24, 2.45) is 4.99 Å². The fourth-order valence-electron chi connectivity index (χ4n) is 2.64. The van der Waals surface area contributed by atoms with Crippen LogP contribution in [0.15, 0.2) is 89.6 Å². The molecule has 3 heteroatoms. The summed E-state index contributed by atoms with van der Waals surface area (Å²) >= 11 is 0. The highest BCUT2D eigenvalue weighted by Gasteiger charge is 2.08. The third kappa shape index (κ3) is 4.51. The molecular weight excluding hydrogens is 323 g/mol. The van der Waals surface area contributed by atoms with Gasteiger partial charge in [-0.1, -0.05) is 36.9 Å². The molecule has 2 rings (SSSR count). The minimum Gasteiger partial charge on any atom is -0.296 e. The van der Waals surface area contributed by atoms with Crippen LogP contribution in [0.4, 0.5) is 4.39 Å². The zero-order chi connectivity index (χ0) is 18.9. The van der Waals surface area contributed by atoms with Crippen LogP contribution in [0.1, 0.15) is 19.4 Å². The molecule has 0 radical (unpaired) electrons. The number of nitrogens with zero attached hydrogens (tertiary/aromatic N) is 2. The number of pyridine rings is 1. The average molecular weight is 346 g/mol. The van der Waals surface area contributed by atoms with E-state index in [1.165, 1.54) is 6.07 Å². The third-order valence-electron chi connectivity index (χ3n) is 4.00. The lowest BCUT2D eigenvalue weighted by Crippen LogP contribution is -1.93. The Hall–Kier alpha value is -3.07. The summed E-state index contributed by atoms with van der Waals surface area (Å²) in [6.45, 7) is 7.85. The second-order valence-electron chi connectivity index (χ2n) is 5.59. The summed E-state index contributed by atoms with van der Waals surface area (Å²) in [5, 5.41) is 0. The monoisotopic (exact) mass is 346 g/mol. The predicted octanol–water partition coefficient (Wildman–Crippen LogP) is 6.05. The lowest BCUT2D eigenvalue weighted by Gasteiger charge is -2.09.